The highest BCUT2D eigenvalue weighted by Crippen LogP contribution is 2.38. The Bertz CT molecular complexity index is 1210. The molecule has 1 fully saturated rings. The maximum absolute atomic E-state index is 13.4. The number of anilines is 1. The fraction of sp³-hybridized carbons (Fsp3) is 0.0833. The minimum absolute atomic E-state index is 0.00546. The average molecular weight is 452 g/mol. The number of nitrogens with zero attached hydrogens (tertiary/aromatic N) is 2. The lowest BCUT2D eigenvalue weighted by molar-refractivity contribution is -0.113. The molecular formula is C24H18F2N2O3S. The standard InChI is InChI=1S/C24H18F2N2O3S/c1-2-31-21-13-15(3-12-20(21)29)14-22-23(30)28(19-10-6-17(26)7-11-19)24(32-22)27-18-8-4-16(25)5-9-18/h3-14,29H,2H2,1H3/b22-14-,27-24-. The van der Waals surface area contributed by atoms with Gasteiger partial charge >= 0.3 is 0 Å². The molecule has 0 aliphatic carbocycles. The number of phenolic OH excluding ortho intramolecular Hbond substituents is 1. The molecule has 4 rings (SSSR count). The second kappa shape index (κ2) is 9.23. The number of carbonyl (C=O) groups is 1. The summed E-state index contributed by atoms with van der Waals surface area (Å²) in [7, 11) is 0. The second-order valence-electron chi connectivity index (χ2n) is 6.76. The Morgan fingerprint density at radius 1 is 1.03 bits per heavy atom. The second-order valence-corrected chi connectivity index (χ2v) is 7.77. The zero-order chi connectivity index (χ0) is 22.7. The molecule has 5 nitrogen and oxygen atoms in total. The summed E-state index contributed by atoms with van der Waals surface area (Å²) in [5, 5.41) is 10.3. The van der Waals surface area contributed by atoms with Gasteiger partial charge in [-0.2, -0.15) is 0 Å². The Balaban J connectivity index is 1.75. The van der Waals surface area contributed by atoms with Crippen LogP contribution in [-0.2, 0) is 4.79 Å². The number of hydrogen-bond donors (Lipinski definition) is 1. The first kappa shape index (κ1) is 21.6. The first-order valence-corrected chi connectivity index (χ1v) is 10.6. The van der Waals surface area contributed by atoms with Crippen molar-refractivity contribution < 1.29 is 23.4 Å². The molecule has 0 atom stereocenters. The Morgan fingerprint density at radius 2 is 1.69 bits per heavy atom. The number of benzene rings is 3. The topological polar surface area (TPSA) is 62.1 Å². The summed E-state index contributed by atoms with van der Waals surface area (Å²) in [5.41, 5.74) is 1.58. The zero-order valence-electron chi connectivity index (χ0n) is 17.0. The monoisotopic (exact) mass is 452 g/mol. The molecule has 0 saturated carbocycles. The zero-order valence-corrected chi connectivity index (χ0v) is 17.8. The van der Waals surface area contributed by atoms with Crippen LogP contribution in [0, 0.1) is 11.6 Å². The molecule has 0 bridgehead atoms. The fourth-order valence-corrected chi connectivity index (χ4v) is 4.04. The van der Waals surface area contributed by atoms with Gasteiger partial charge in [0.1, 0.15) is 11.6 Å². The van der Waals surface area contributed by atoms with Crippen molar-refractivity contribution in [1.82, 2.24) is 0 Å². The number of carbonyl (C=O) groups excluding carboxylic acids is 1. The van der Waals surface area contributed by atoms with E-state index in [1.54, 1.807) is 25.1 Å². The molecule has 162 valence electrons. The smallest absolute Gasteiger partial charge is 0.271 e. The number of rotatable bonds is 5. The Labute approximate surface area is 187 Å². The number of ether oxygens (including phenoxy) is 1. The van der Waals surface area contributed by atoms with Crippen molar-refractivity contribution in [3.63, 3.8) is 0 Å². The van der Waals surface area contributed by atoms with E-state index in [1.165, 1.54) is 59.5 Å². The summed E-state index contributed by atoms with van der Waals surface area (Å²) < 4.78 is 32.1. The van der Waals surface area contributed by atoms with Crippen molar-refractivity contribution in [2.75, 3.05) is 11.5 Å². The van der Waals surface area contributed by atoms with Crippen LogP contribution in [0.5, 0.6) is 11.5 Å². The molecule has 32 heavy (non-hydrogen) atoms. The van der Waals surface area contributed by atoms with Crippen LogP contribution >= 0.6 is 11.8 Å². The Hall–Kier alpha value is -3.65. The van der Waals surface area contributed by atoms with Crippen LogP contribution in [0.3, 0.4) is 0 Å². The van der Waals surface area contributed by atoms with Crippen molar-refractivity contribution in [2.45, 2.75) is 6.92 Å². The third-order valence-corrected chi connectivity index (χ3v) is 5.49. The Kier molecular flexibility index (Phi) is 6.23. The third kappa shape index (κ3) is 4.65. The van der Waals surface area contributed by atoms with Crippen molar-refractivity contribution in [3.8, 4) is 11.5 Å². The van der Waals surface area contributed by atoms with Crippen LogP contribution in [0.4, 0.5) is 20.2 Å². The summed E-state index contributed by atoms with van der Waals surface area (Å²) in [6.45, 7) is 2.19. The lowest BCUT2D eigenvalue weighted by Gasteiger charge is -2.15. The number of phenols is 1. The molecule has 8 heteroatoms. The van der Waals surface area contributed by atoms with Gasteiger partial charge in [0.2, 0.25) is 0 Å². The lowest BCUT2D eigenvalue weighted by atomic mass is 10.2. The first-order valence-electron chi connectivity index (χ1n) is 9.74. The number of hydrogen-bond acceptors (Lipinski definition) is 5. The van der Waals surface area contributed by atoms with E-state index in [1.807, 2.05) is 0 Å². The largest absolute Gasteiger partial charge is 0.504 e. The normalized spacial score (nSPS) is 16.2. The molecule has 1 amide bonds. The number of halogens is 2. The minimum atomic E-state index is -0.423. The van der Waals surface area contributed by atoms with Crippen LogP contribution in [0.2, 0.25) is 0 Å². The predicted octanol–water partition coefficient (Wildman–Crippen LogP) is 5.88. The molecule has 1 aliphatic rings. The number of aromatic hydroxyl groups is 1. The third-order valence-electron chi connectivity index (χ3n) is 4.52. The van der Waals surface area contributed by atoms with E-state index in [9.17, 15) is 18.7 Å². The molecule has 0 radical (unpaired) electrons. The van der Waals surface area contributed by atoms with Gasteiger partial charge in [-0.05, 0) is 91.0 Å². The van der Waals surface area contributed by atoms with Crippen molar-refractivity contribution in [1.29, 1.82) is 0 Å². The van der Waals surface area contributed by atoms with Crippen LogP contribution in [0.15, 0.2) is 76.6 Å². The van der Waals surface area contributed by atoms with E-state index >= 15 is 0 Å². The highest BCUT2D eigenvalue weighted by atomic mass is 32.2. The van der Waals surface area contributed by atoms with E-state index in [4.69, 9.17) is 4.74 Å². The molecule has 0 unspecified atom stereocenters. The van der Waals surface area contributed by atoms with E-state index in [2.05, 4.69) is 4.99 Å². The number of thioether (sulfide) groups is 1. The van der Waals surface area contributed by atoms with Gasteiger partial charge in [0.15, 0.2) is 16.7 Å². The molecular weight excluding hydrogens is 434 g/mol. The molecule has 1 N–H and O–H groups in total. The first-order chi connectivity index (χ1) is 15.4. The fourth-order valence-electron chi connectivity index (χ4n) is 3.04. The summed E-state index contributed by atoms with van der Waals surface area (Å²) in [6, 6.07) is 15.9. The number of amidine groups is 1. The maximum atomic E-state index is 13.4. The van der Waals surface area contributed by atoms with E-state index < -0.39 is 11.6 Å². The maximum Gasteiger partial charge on any atom is 0.271 e. The van der Waals surface area contributed by atoms with Crippen LogP contribution in [0.25, 0.3) is 6.08 Å². The van der Waals surface area contributed by atoms with Gasteiger partial charge in [0, 0.05) is 0 Å². The highest BCUT2D eigenvalue weighted by molar-refractivity contribution is 8.19. The van der Waals surface area contributed by atoms with Gasteiger partial charge in [-0.15, -0.1) is 0 Å². The number of aliphatic imine (C=N–C) groups is 1. The molecule has 1 heterocycles. The van der Waals surface area contributed by atoms with Gasteiger partial charge in [0.25, 0.3) is 5.91 Å². The van der Waals surface area contributed by atoms with Gasteiger partial charge in [-0.25, -0.2) is 13.8 Å². The van der Waals surface area contributed by atoms with Gasteiger partial charge < -0.3 is 9.84 Å². The Morgan fingerprint density at radius 3 is 2.34 bits per heavy atom. The number of amides is 1. The molecule has 3 aromatic carbocycles. The predicted molar refractivity (Wildman–Crippen MR) is 122 cm³/mol. The molecule has 3 aromatic rings. The lowest BCUT2D eigenvalue weighted by Crippen LogP contribution is -2.28. The van der Waals surface area contributed by atoms with Crippen LogP contribution in [0.1, 0.15) is 12.5 Å². The molecule has 1 aliphatic heterocycles. The molecule has 1 saturated heterocycles. The summed E-state index contributed by atoms with van der Waals surface area (Å²) in [4.78, 5) is 19.5. The van der Waals surface area contributed by atoms with E-state index in [0.717, 1.165) is 11.8 Å². The van der Waals surface area contributed by atoms with Crippen molar-refractivity contribution in [2.24, 2.45) is 4.99 Å². The van der Waals surface area contributed by atoms with Crippen molar-refractivity contribution >= 4 is 40.3 Å². The van der Waals surface area contributed by atoms with Gasteiger partial charge in [-0.3, -0.25) is 9.69 Å². The van der Waals surface area contributed by atoms with Gasteiger partial charge in [-0.1, -0.05) is 6.07 Å². The van der Waals surface area contributed by atoms with Crippen LogP contribution < -0.4 is 9.64 Å². The van der Waals surface area contributed by atoms with Crippen molar-refractivity contribution in [3.05, 3.63) is 88.8 Å². The van der Waals surface area contributed by atoms with E-state index in [0.29, 0.717) is 39.4 Å². The summed E-state index contributed by atoms with van der Waals surface area (Å²) in [5.74, 6) is -0.835. The average Bonchev–Trinajstić information content (AvgIpc) is 3.07. The highest BCUT2D eigenvalue weighted by Gasteiger charge is 2.34. The summed E-state index contributed by atoms with van der Waals surface area (Å²) in [6.07, 6.45) is 1.67. The van der Waals surface area contributed by atoms with Crippen LogP contribution in [-0.4, -0.2) is 22.8 Å². The molecule has 0 aromatic heterocycles. The van der Waals surface area contributed by atoms with Gasteiger partial charge in [0.05, 0.1) is 22.9 Å². The van der Waals surface area contributed by atoms with E-state index in [-0.39, 0.29) is 11.7 Å². The quantitative estimate of drug-likeness (QED) is 0.491. The minimum Gasteiger partial charge on any atom is -0.504 e. The summed E-state index contributed by atoms with van der Waals surface area (Å²) >= 11 is 1.14. The molecule has 0 spiro atoms. The SMILES string of the molecule is CCOc1cc(/C=C2\S/C(=N\c3ccc(F)cc3)N(c3ccc(F)cc3)C2=O)ccc1O.